The van der Waals surface area contributed by atoms with E-state index >= 15 is 0 Å². The van der Waals surface area contributed by atoms with Crippen molar-refractivity contribution in [2.75, 3.05) is 6.61 Å². The minimum Gasteiger partial charge on any atom is -0.491 e. The lowest BCUT2D eigenvalue weighted by Crippen LogP contribution is -2.59. The van der Waals surface area contributed by atoms with Gasteiger partial charge >= 0.3 is 0 Å². The number of halogens is 1. The van der Waals surface area contributed by atoms with E-state index in [4.69, 9.17) is 4.74 Å². The summed E-state index contributed by atoms with van der Waals surface area (Å²) in [6, 6.07) is 10.6. The molecule has 3 amide bonds. The van der Waals surface area contributed by atoms with Gasteiger partial charge in [0.2, 0.25) is 17.7 Å². The third-order valence-electron chi connectivity index (χ3n) is 6.39. The van der Waals surface area contributed by atoms with Crippen LogP contribution in [0.4, 0.5) is 4.39 Å². The summed E-state index contributed by atoms with van der Waals surface area (Å²) in [7, 11) is 0. The van der Waals surface area contributed by atoms with Gasteiger partial charge < -0.3 is 25.8 Å². The number of aliphatic hydroxyl groups excluding tert-OH is 1. The van der Waals surface area contributed by atoms with Crippen molar-refractivity contribution in [2.45, 2.75) is 59.4 Å². The first-order valence-electron chi connectivity index (χ1n) is 13.8. The number of amides is 3. The molecule has 3 rings (SSSR count). The Balaban J connectivity index is 1.81. The highest BCUT2D eigenvalue weighted by Gasteiger charge is 2.33. The van der Waals surface area contributed by atoms with Gasteiger partial charge in [0.1, 0.15) is 54.7 Å². The Labute approximate surface area is 254 Å². The van der Waals surface area contributed by atoms with Crippen molar-refractivity contribution in [1.29, 1.82) is 5.26 Å². The van der Waals surface area contributed by atoms with Gasteiger partial charge in [-0.05, 0) is 49.2 Å². The fraction of sp³-hybridized carbons (Fsp3) is 0.355. The Morgan fingerprint density at radius 2 is 1.91 bits per heavy atom. The molecule has 4 N–H and O–H groups in total. The van der Waals surface area contributed by atoms with E-state index < -0.39 is 47.1 Å². The summed E-state index contributed by atoms with van der Waals surface area (Å²) in [5.74, 6) is -2.14. The third kappa shape index (κ3) is 9.47. The molecule has 0 aliphatic rings. The number of nitriles is 1. The molecule has 0 fully saturated rings. The predicted octanol–water partition coefficient (Wildman–Crippen LogP) is 2.34. The molecule has 232 valence electrons. The summed E-state index contributed by atoms with van der Waals surface area (Å²) in [6.45, 7) is 7.54. The van der Waals surface area contributed by atoms with Crippen molar-refractivity contribution >= 4 is 29.5 Å². The molecule has 1 aromatic heterocycles. The van der Waals surface area contributed by atoms with Crippen LogP contribution in [0.2, 0.25) is 0 Å². The Hall–Kier alpha value is -5.09. The molecule has 0 aliphatic heterocycles. The molecule has 13 heteroatoms. The smallest absolute Gasteiger partial charge is 0.246 e. The van der Waals surface area contributed by atoms with Crippen molar-refractivity contribution in [3.8, 4) is 11.8 Å². The number of ether oxygens (including phenoxy) is 1. The summed E-state index contributed by atoms with van der Waals surface area (Å²) in [5.41, 5.74) is 0.916. The van der Waals surface area contributed by atoms with Crippen LogP contribution in [-0.4, -0.2) is 62.4 Å². The average molecular weight is 606 g/mol. The average Bonchev–Trinajstić information content (AvgIpc) is 3.50. The van der Waals surface area contributed by atoms with E-state index in [1.54, 1.807) is 70.2 Å². The molecule has 3 atom stereocenters. The van der Waals surface area contributed by atoms with Gasteiger partial charge in [0.05, 0.1) is 6.10 Å². The van der Waals surface area contributed by atoms with Crippen LogP contribution >= 0.6 is 0 Å². The van der Waals surface area contributed by atoms with Crippen molar-refractivity contribution in [3.05, 3.63) is 77.6 Å². The van der Waals surface area contributed by atoms with Crippen LogP contribution in [0.15, 0.2) is 55.1 Å². The highest BCUT2D eigenvalue weighted by molar-refractivity contribution is 5.93. The van der Waals surface area contributed by atoms with Gasteiger partial charge in [-0.15, -0.1) is 0 Å². The molecular weight excluding hydrogens is 569 g/mol. The largest absolute Gasteiger partial charge is 0.491 e. The molecule has 44 heavy (non-hydrogen) atoms. The highest BCUT2D eigenvalue weighted by atomic mass is 19.1. The molecule has 2 aromatic carbocycles. The zero-order valence-electron chi connectivity index (χ0n) is 25.2. The first kappa shape index (κ1) is 33.4. The van der Waals surface area contributed by atoms with Gasteiger partial charge in [0.25, 0.3) is 0 Å². The summed E-state index contributed by atoms with van der Waals surface area (Å²) in [4.78, 5) is 42.9. The first-order valence-corrected chi connectivity index (χ1v) is 13.8. The summed E-state index contributed by atoms with van der Waals surface area (Å²) < 4.78 is 21.6. The van der Waals surface area contributed by atoms with Crippen molar-refractivity contribution in [2.24, 2.45) is 5.41 Å². The van der Waals surface area contributed by atoms with Crippen molar-refractivity contribution < 1.29 is 28.6 Å². The van der Waals surface area contributed by atoms with Gasteiger partial charge in [-0.2, -0.15) is 10.4 Å². The van der Waals surface area contributed by atoms with Gasteiger partial charge in [-0.25, -0.2) is 14.1 Å². The van der Waals surface area contributed by atoms with E-state index in [0.717, 1.165) is 5.56 Å². The standard InChI is InChI=1S/C31H36FN7O5/c1-19-9-10-22(25(32)11-19)15-35-28(41)26(37-29(42)27(20(2)40)38-30(43)31(3,4)5)16-44-24-8-6-7-21(13-24)12-23(14-33)39-18-34-17-36-39/h6-13,17-18,20,26-27,40H,15-16H2,1-5H3,(H,35,41)(H,37,42)(H,38,43)/t20-,26+,27+/m1/s1. The molecule has 0 bridgehead atoms. The molecular formula is C31H36FN7O5. The summed E-state index contributed by atoms with van der Waals surface area (Å²) in [6.07, 6.45) is 2.96. The normalized spacial score (nSPS) is 13.6. The number of aryl methyl sites for hydroxylation is 1. The van der Waals surface area contributed by atoms with Crippen molar-refractivity contribution in [3.63, 3.8) is 0 Å². The van der Waals surface area contributed by atoms with Crippen LogP contribution in [0.1, 0.15) is 44.4 Å². The van der Waals surface area contributed by atoms with Crippen LogP contribution in [-0.2, 0) is 20.9 Å². The lowest BCUT2D eigenvalue weighted by Gasteiger charge is -2.27. The van der Waals surface area contributed by atoms with E-state index in [-0.39, 0.29) is 24.4 Å². The zero-order chi connectivity index (χ0) is 32.4. The Kier molecular flexibility index (Phi) is 11.3. The number of aromatic nitrogens is 3. The number of hydrogen-bond donors (Lipinski definition) is 4. The fourth-order valence-corrected chi connectivity index (χ4v) is 3.82. The second-order valence-corrected chi connectivity index (χ2v) is 11.2. The zero-order valence-corrected chi connectivity index (χ0v) is 25.2. The minimum absolute atomic E-state index is 0.155. The maximum Gasteiger partial charge on any atom is 0.246 e. The number of hydrogen-bond acceptors (Lipinski definition) is 8. The van der Waals surface area contributed by atoms with Crippen LogP contribution in [0.3, 0.4) is 0 Å². The number of benzene rings is 2. The number of nitrogens with zero attached hydrogens (tertiary/aromatic N) is 4. The van der Waals surface area contributed by atoms with Gasteiger partial charge in [0, 0.05) is 17.5 Å². The van der Waals surface area contributed by atoms with E-state index in [0.29, 0.717) is 11.3 Å². The maximum atomic E-state index is 14.4. The second-order valence-electron chi connectivity index (χ2n) is 11.2. The molecule has 0 saturated heterocycles. The Morgan fingerprint density at radius 3 is 2.52 bits per heavy atom. The molecule has 3 aromatic rings. The molecule has 0 radical (unpaired) electrons. The summed E-state index contributed by atoms with van der Waals surface area (Å²) in [5, 5.41) is 31.4. The van der Waals surface area contributed by atoms with Crippen LogP contribution in [0.5, 0.6) is 5.75 Å². The molecule has 1 heterocycles. The molecule has 0 aliphatic carbocycles. The number of nitrogens with one attached hydrogen (secondary N) is 3. The molecule has 0 saturated carbocycles. The number of aliphatic hydroxyl groups is 1. The minimum atomic E-state index is -1.36. The number of rotatable bonds is 12. The molecule has 0 unspecified atom stereocenters. The highest BCUT2D eigenvalue weighted by Crippen LogP contribution is 2.18. The lowest BCUT2D eigenvalue weighted by atomic mass is 9.94. The quantitative estimate of drug-likeness (QED) is 0.228. The Bertz CT molecular complexity index is 1540. The van der Waals surface area contributed by atoms with Gasteiger partial charge in [-0.1, -0.05) is 45.0 Å². The Morgan fingerprint density at radius 1 is 1.16 bits per heavy atom. The van der Waals surface area contributed by atoms with Crippen LogP contribution < -0.4 is 20.7 Å². The van der Waals surface area contributed by atoms with Gasteiger partial charge in [0.15, 0.2) is 0 Å². The van der Waals surface area contributed by atoms with Crippen LogP contribution in [0.25, 0.3) is 11.8 Å². The van der Waals surface area contributed by atoms with E-state index in [9.17, 15) is 29.1 Å². The number of carbonyl (C=O) groups is 3. The second kappa shape index (κ2) is 14.9. The van der Waals surface area contributed by atoms with Crippen LogP contribution in [0, 0.1) is 29.5 Å². The fourth-order valence-electron chi connectivity index (χ4n) is 3.82. The monoisotopic (exact) mass is 605 g/mol. The predicted molar refractivity (Wildman–Crippen MR) is 160 cm³/mol. The van der Waals surface area contributed by atoms with E-state index in [2.05, 4.69) is 26.0 Å². The maximum absolute atomic E-state index is 14.4. The molecule has 0 spiro atoms. The first-order chi connectivity index (χ1) is 20.8. The molecule has 12 nitrogen and oxygen atoms in total. The third-order valence-corrected chi connectivity index (χ3v) is 6.39. The number of allylic oxidation sites excluding steroid dienone is 1. The topological polar surface area (TPSA) is 171 Å². The SMILES string of the molecule is Cc1ccc(CNC(=O)[C@H](COc2cccc(C=C(C#N)n3cncn3)c2)NC(=O)[C@@H](NC(=O)C(C)(C)C)[C@@H](C)O)c(F)c1. The summed E-state index contributed by atoms with van der Waals surface area (Å²) >= 11 is 0. The van der Waals surface area contributed by atoms with E-state index in [1.165, 1.54) is 30.3 Å². The van der Waals surface area contributed by atoms with E-state index in [1.807, 2.05) is 6.07 Å². The number of carbonyl (C=O) groups excluding carboxylic acids is 3. The van der Waals surface area contributed by atoms with Gasteiger partial charge in [-0.3, -0.25) is 14.4 Å². The van der Waals surface area contributed by atoms with Crippen molar-refractivity contribution in [1.82, 2.24) is 30.7 Å². The lowest BCUT2D eigenvalue weighted by molar-refractivity contribution is -0.137.